The molecule has 15 heavy (non-hydrogen) atoms. The minimum atomic E-state index is -0.821. The second-order valence-electron chi connectivity index (χ2n) is 5.01. The Morgan fingerprint density at radius 1 is 1.47 bits per heavy atom. The zero-order valence-corrected chi connectivity index (χ0v) is 8.95. The van der Waals surface area contributed by atoms with Gasteiger partial charge in [0.2, 0.25) is 5.91 Å². The summed E-state index contributed by atoms with van der Waals surface area (Å²) in [6, 6.07) is 0. The summed E-state index contributed by atoms with van der Waals surface area (Å²) >= 11 is 0. The summed E-state index contributed by atoms with van der Waals surface area (Å²) in [6.07, 6.45) is 3.67. The molecule has 0 aromatic heterocycles. The van der Waals surface area contributed by atoms with Crippen LogP contribution in [0.25, 0.3) is 0 Å². The van der Waals surface area contributed by atoms with Gasteiger partial charge in [-0.15, -0.1) is 0 Å². The van der Waals surface area contributed by atoms with Gasteiger partial charge in [0, 0.05) is 5.92 Å². The Morgan fingerprint density at radius 3 is 2.40 bits per heavy atom. The van der Waals surface area contributed by atoms with Crippen molar-refractivity contribution in [3.05, 3.63) is 0 Å². The molecular weight excluding hydrogens is 194 g/mol. The average molecular weight is 211 g/mol. The number of rotatable bonds is 4. The Kier molecular flexibility index (Phi) is 2.44. The molecule has 0 aromatic carbocycles. The highest BCUT2D eigenvalue weighted by molar-refractivity contribution is 5.83. The van der Waals surface area contributed by atoms with Crippen LogP contribution in [-0.2, 0) is 9.59 Å². The first-order valence-corrected chi connectivity index (χ1v) is 5.56. The number of hydrogen-bond acceptors (Lipinski definition) is 2. The number of carbonyl (C=O) groups is 2. The maximum atomic E-state index is 11.7. The summed E-state index contributed by atoms with van der Waals surface area (Å²) < 4.78 is 0. The fraction of sp³-hybridized carbons (Fsp3) is 0.818. The standard InChI is InChI=1S/C11H17NO3/c1-7-5-8(7)10(15)12-11(3-2-4-11)6-9(13)14/h7-8H,2-6H2,1H3,(H,12,15)(H,13,14). The van der Waals surface area contributed by atoms with E-state index in [1.54, 1.807) is 0 Å². The molecule has 1 amide bonds. The van der Waals surface area contributed by atoms with Gasteiger partial charge in [-0.25, -0.2) is 0 Å². The minimum Gasteiger partial charge on any atom is -0.481 e. The summed E-state index contributed by atoms with van der Waals surface area (Å²) in [7, 11) is 0. The second-order valence-corrected chi connectivity index (χ2v) is 5.01. The van der Waals surface area contributed by atoms with Gasteiger partial charge < -0.3 is 10.4 Å². The molecule has 0 heterocycles. The molecule has 0 bridgehead atoms. The van der Waals surface area contributed by atoms with Gasteiger partial charge in [-0.05, 0) is 31.6 Å². The number of carboxylic acids is 1. The van der Waals surface area contributed by atoms with E-state index in [1.807, 2.05) is 0 Å². The van der Waals surface area contributed by atoms with E-state index in [4.69, 9.17) is 5.11 Å². The van der Waals surface area contributed by atoms with Crippen molar-refractivity contribution in [1.82, 2.24) is 5.32 Å². The summed E-state index contributed by atoms with van der Waals surface area (Å²) in [5.74, 6) is -0.148. The van der Waals surface area contributed by atoms with Crippen molar-refractivity contribution in [2.45, 2.75) is 44.6 Å². The molecule has 2 aliphatic carbocycles. The SMILES string of the molecule is CC1CC1C(=O)NC1(CC(=O)O)CCC1. The van der Waals surface area contributed by atoms with Crippen LogP contribution in [0.3, 0.4) is 0 Å². The first-order valence-electron chi connectivity index (χ1n) is 5.56. The lowest BCUT2D eigenvalue weighted by Gasteiger charge is -2.41. The molecule has 4 heteroatoms. The van der Waals surface area contributed by atoms with Crippen LogP contribution in [0.1, 0.15) is 39.0 Å². The molecule has 2 fully saturated rings. The average Bonchev–Trinajstić information content (AvgIpc) is 2.77. The lowest BCUT2D eigenvalue weighted by atomic mass is 9.74. The Morgan fingerprint density at radius 2 is 2.07 bits per heavy atom. The van der Waals surface area contributed by atoms with Gasteiger partial charge in [-0.1, -0.05) is 6.92 Å². The third kappa shape index (κ3) is 2.13. The van der Waals surface area contributed by atoms with Crippen LogP contribution < -0.4 is 5.32 Å². The topological polar surface area (TPSA) is 66.4 Å². The van der Waals surface area contributed by atoms with Gasteiger partial charge >= 0.3 is 5.97 Å². The first-order chi connectivity index (χ1) is 7.02. The van der Waals surface area contributed by atoms with Crippen LogP contribution in [0.4, 0.5) is 0 Å². The predicted octanol–water partition coefficient (Wildman–Crippen LogP) is 1.16. The van der Waals surface area contributed by atoms with Gasteiger partial charge in [0.05, 0.1) is 12.0 Å². The molecule has 2 rings (SSSR count). The van der Waals surface area contributed by atoms with E-state index >= 15 is 0 Å². The molecular formula is C11H17NO3. The van der Waals surface area contributed by atoms with Crippen molar-refractivity contribution in [2.24, 2.45) is 11.8 Å². The van der Waals surface area contributed by atoms with Gasteiger partial charge in [-0.3, -0.25) is 9.59 Å². The van der Waals surface area contributed by atoms with Crippen molar-refractivity contribution in [3.8, 4) is 0 Å². The van der Waals surface area contributed by atoms with E-state index in [-0.39, 0.29) is 18.2 Å². The summed E-state index contributed by atoms with van der Waals surface area (Å²) in [5, 5.41) is 11.7. The summed E-state index contributed by atoms with van der Waals surface area (Å²) in [4.78, 5) is 22.4. The normalized spacial score (nSPS) is 31.5. The highest BCUT2D eigenvalue weighted by atomic mass is 16.4. The highest BCUT2D eigenvalue weighted by Gasteiger charge is 2.45. The highest BCUT2D eigenvalue weighted by Crippen LogP contribution is 2.40. The number of carbonyl (C=O) groups excluding carboxylic acids is 1. The van der Waals surface area contributed by atoms with Gasteiger partial charge in [-0.2, -0.15) is 0 Å². The maximum absolute atomic E-state index is 11.7. The monoisotopic (exact) mass is 211 g/mol. The molecule has 2 atom stereocenters. The van der Waals surface area contributed by atoms with E-state index in [0.29, 0.717) is 5.92 Å². The zero-order valence-electron chi connectivity index (χ0n) is 8.95. The zero-order chi connectivity index (χ0) is 11.1. The molecule has 2 aliphatic rings. The number of amides is 1. The van der Waals surface area contributed by atoms with Crippen LogP contribution in [0.2, 0.25) is 0 Å². The van der Waals surface area contributed by atoms with Crippen molar-refractivity contribution in [1.29, 1.82) is 0 Å². The number of nitrogens with one attached hydrogen (secondary N) is 1. The molecule has 2 unspecified atom stereocenters. The lowest BCUT2D eigenvalue weighted by Crippen LogP contribution is -2.55. The van der Waals surface area contributed by atoms with E-state index < -0.39 is 11.5 Å². The number of carboxylic acid groups (broad SMARTS) is 1. The number of hydrogen-bond donors (Lipinski definition) is 2. The molecule has 2 saturated carbocycles. The van der Waals surface area contributed by atoms with E-state index in [2.05, 4.69) is 12.2 Å². The molecule has 84 valence electrons. The lowest BCUT2D eigenvalue weighted by molar-refractivity contribution is -0.140. The molecule has 0 aliphatic heterocycles. The predicted molar refractivity (Wildman–Crippen MR) is 54.2 cm³/mol. The van der Waals surface area contributed by atoms with Crippen LogP contribution in [0.15, 0.2) is 0 Å². The Labute approximate surface area is 89.0 Å². The van der Waals surface area contributed by atoms with Crippen molar-refractivity contribution >= 4 is 11.9 Å². The minimum absolute atomic E-state index is 0.0588. The fourth-order valence-electron chi connectivity index (χ4n) is 2.28. The van der Waals surface area contributed by atoms with Crippen LogP contribution in [0.5, 0.6) is 0 Å². The molecule has 0 saturated heterocycles. The molecule has 0 radical (unpaired) electrons. The Bertz CT molecular complexity index is 296. The third-order valence-corrected chi connectivity index (χ3v) is 3.63. The van der Waals surface area contributed by atoms with E-state index in [0.717, 1.165) is 25.7 Å². The van der Waals surface area contributed by atoms with Gasteiger partial charge in [0.15, 0.2) is 0 Å². The Hall–Kier alpha value is -1.06. The van der Waals surface area contributed by atoms with Gasteiger partial charge in [0.25, 0.3) is 0 Å². The van der Waals surface area contributed by atoms with Crippen LogP contribution >= 0.6 is 0 Å². The fourth-order valence-corrected chi connectivity index (χ4v) is 2.28. The first kappa shape index (κ1) is 10.5. The van der Waals surface area contributed by atoms with E-state index in [1.165, 1.54) is 0 Å². The smallest absolute Gasteiger partial charge is 0.305 e. The van der Waals surface area contributed by atoms with Crippen LogP contribution in [0, 0.1) is 11.8 Å². The molecule has 4 nitrogen and oxygen atoms in total. The number of aliphatic carboxylic acids is 1. The summed E-state index contributed by atoms with van der Waals surface area (Å²) in [6.45, 7) is 2.05. The molecule has 2 N–H and O–H groups in total. The van der Waals surface area contributed by atoms with Crippen LogP contribution in [-0.4, -0.2) is 22.5 Å². The van der Waals surface area contributed by atoms with Crippen molar-refractivity contribution < 1.29 is 14.7 Å². The maximum Gasteiger partial charge on any atom is 0.305 e. The molecule has 0 aromatic rings. The van der Waals surface area contributed by atoms with E-state index in [9.17, 15) is 9.59 Å². The van der Waals surface area contributed by atoms with Gasteiger partial charge in [0.1, 0.15) is 0 Å². The van der Waals surface area contributed by atoms with Crippen molar-refractivity contribution in [3.63, 3.8) is 0 Å². The summed E-state index contributed by atoms with van der Waals surface area (Å²) in [5.41, 5.74) is -0.425. The molecule has 0 spiro atoms. The Balaban J connectivity index is 1.90. The third-order valence-electron chi connectivity index (χ3n) is 3.63. The second kappa shape index (κ2) is 3.51. The van der Waals surface area contributed by atoms with Crippen molar-refractivity contribution in [2.75, 3.05) is 0 Å². The quantitative estimate of drug-likeness (QED) is 0.733. The largest absolute Gasteiger partial charge is 0.481 e.